The fourth-order valence-electron chi connectivity index (χ4n) is 1.95. The lowest BCUT2D eigenvalue weighted by atomic mass is 10.2. The molecule has 0 fully saturated rings. The molecule has 0 aliphatic rings. The van der Waals surface area contributed by atoms with E-state index in [1.807, 2.05) is 17.0 Å². The molecule has 1 aromatic carbocycles. The van der Waals surface area contributed by atoms with Gasteiger partial charge in [-0.1, -0.05) is 0 Å². The van der Waals surface area contributed by atoms with Crippen molar-refractivity contribution in [3.8, 4) is 0 Å². The van der Waals surface area contributed by atoms with Crippen LogP contribution in [0.25, 0.3) is 10.9 Å². The molecule has 2 aromatic rings. The number of hydrogen-bond donors (Lipinski definition) is 3. The van der Waals surface area contributed by atoms with Gasteiger partial charge in [0.1, 0.15) is 0 Å². The van der Waals surface area contributed by atoms with Gasteiger partial charge in [0.15, 0.2) is 0 Å². The van der Waals surface area contributed by atoms with E-state index in [1.165, 1.54) is 0 Å². The first-order chi connectivity index (χ1) is 8.76. The monoisotopic (exact) mass is 250 g/mol. The minimum Gasteiger partial charge on any atom is -0.397 e. The molecular formula is C12H18N4O2. The van der Waals surface area contributed by atoms with Crippen LogP contribution in [0, 0.1) is 0 Å². The normalized spacial score (nSPS) is 11.0. The quantitative estimate of drug-likeness (QED) is 0.653. The second-order valence-electron chi connectivity index (χ2n) is 4.07. The standard InChI is InChI=1S/C12H18N4O2/c1-18-5-3-16(2-4-17)12-7-11-9(6-10(12)13)8-14-15-11/h6-8,17H,2-5,13H2,1H3,(H,14,15). The molecule has 0 atom stereocenters. The molecule has 0 spiro atoms. The number of aliphatic hydroxyl groups excluding tert-OH is 1. The molecule has 4 N–H and O–H groups in total. The van der Waals surface area contributed by atoms with Gasteiger partial charge in [0.2, 0.25) is 0 Å². The van der Waals surface area contributed by atoms with Crippen molar-refractivity contribution in [3.63, 3.8) is 0 Å². The number of rotatable bonds is 6. The Morgan fingerprint density at radius 2 is 2.28 bits per heavy atom. The number of hydrogen-bond acceptors (Lipinski definition) is 5. The third kappa shape index (κ3) is 2.55. The van der Waals surface area contributed by atoms with Crippen LogP contribution in [0.15, 0.2) is 18.3 Å². The molecule has 0 unspecified atom stereocenters. The van der Waals surface area contributed by atoms with Crippen LogP contribution in [0.1, 0.15) is 0 Å². The number of nitrogen functional groups attached to an aromatic ring is 1. The summed E-state index contributed by atoms with van der Waals surface area (Å²) in [7, 11) is 1.65. The first kappa shape index (κ1) is 12.7. The summed E-state index contributed by atoms with van der Waals surface area (Å²) >= 11 is 0. The summed E-state index contributed by atoms with van der Waals surface area (Å²) in [5, 5.41) is 17.0. The number of aromatic amines is 1. The molecule has 98 valence electrons. The molecule has 2 rings (SSSR count). The molecule has 0 saturated heterocycles. The number of anilines is 2. The molecule has 1 heterocycles. The second kappa shape index (κ2) is 5.70. The van der Waals surface area contributed by atoms with E-state index in [0.29, 0.717) is 25.4 Å². The van der Waals surface area contributed by atoms with Gasteiger partial charge in [0.25, 0.3) is 0 Å². The SMILES string of the molecule is COCCN(CCO)c1cc2[nH]ncc2cc1N. The first-order valence-electron chi connectivity index (χ1n) is 5.83. The molecule has 0 radical (unpaired) electrons. The van der Waals surface area contributed by atoms with E-state index >= 15 is 0 Å². The Hall–Kier alpha value is -1.79. The Morgan fingerprint density at radius 3 is 3.00 bits per heavy atom. The summed E-state index contributed by atoms with van der Waals surface area (Å²) in [5.41, 5.74) is 8.53. The van der Waals surface area contributed by atoms with Gasteiger partial charge >= 0.3 is 0 Å². The van der Waals surface area contributed by atoms with Crippen molar-refractivity contribution < 1.29 is 9.84 Å². The van der Waals surface area contributed by atoms with Crippen LogP contribution in [0.4, 0.5) is 11.4 Å². The zero-order valence-corrected chi connectivity index (χ0v) is 10.4. The summed E-state index contributed by atoms with van der Waals surface area (Å²) in [6.07, 6.45) is 1.74. The number of benzene rings is 1. The molecule has 6 heteroatoms. The Kier molecular flexibility index (Phi) is 4.01. The summed E-state index contributed by atoms with van der Waals surface area (Å²) in [6.45, 7) is 1.86. The van der Waals surface area contributed by atoms with Gasteiger partial charge in [-0.2, -0.15) is 5.10 Å². The predicted molar refractivity (Wildman–Crippen MR) is 71.7 cm³/mol. The van der Waals surface area contributed by atoms with Crippen LogP contribution in [-0.4, -0.2) is 48.7 Å². The van der Waals surface area contributed by atoms with Crippen molar-refractivity contribution in [1.82, 2.24) is 10.2 Å². The van der Waals surface area contributed by atoms with Gasteiger partial charge in [-0.05, 0) is 12.1 Å². The predicted octanol–water partition coefficient (Wildman–Crippen LogP) is 0.590. The number of ether oxygens (including phenoxy) is 1. The van der Waals surface area contributed by atoms with E-state index < -0.39 is 0 Å². The number of aliphatic hydroxyl groups is 1. The zero-order valence-electron chi connectivity index (χ0n) is 10.4. The third-order valence-corrected chi connectivity index (χ3v) is 2.86. The summed E-state index contributed by atoms with van der Waals surface area (Å²) < 4.78 is 5.07. The fraction of sp³-hybridized carbons (Fsp3) is 0.417. The fourth-order valence-corrected chi connectivity index (χ4v) is 1.95. The Bertz CT molecular complexity index is 512. The average molecular weight is 250 g/mol. The number of nitrogens with zero attached hydrogens (tertiary/aromatic N) is 2. The van der Waals surface area contributed by atoms with Gasteiger partial charge < -0.3 is 20.5 Å². The highest BCUT2D eigenvalue weighted by molar-refractivity contribution is 5.88. The van der Waals surface area contributed by atoms with Crippen LogP contribution in [0.3, 0.4) is 0 Å². The summed E-state index contributed by atoms with van der Waals surface area (Å²) in [4.78, 5) is 2.00. The van der Waals surface area contributed by atoms with E-state index in [9.17, 15) is 0 Å². The number of nitrogens with one attached hydrogen (secondary N) is 1. The molecule has 0 aliphatic heterocycles. The molecule has 0 aliphatic carbocycles. The summed E-state index contributed by atoms with van der Waals surface area (Å²) in [5.74, 6) is 0. The lowest BCUT2D eigenvalue weighted by Gasteiger charge is -2.25. The Morgan fingerprint density at radius 1 is 1.44 bits per heavy atom. The van der Waals surface area contributed by atoms with Crippen molar-refractivity contribution in [3.05, 3.63) is 18.3 Å². The second-order valence-corrected chi connectivity index (χ2v) is 4.07. The van der Waals surface area contributed by atoms with E-state index in [4.69, 9.17) is 15.6 Å². The van der Waals surface area contributed by atoms with E-state index in [1.54, 1.807) is 13.3 Å². The van der Waals surface area contributed by atoms with E-state index in [0.717, 1.165) is 16.6 Å². The minimum atomic E-state index is 0.0736. The Labute approximate surface area is 105 Å². The van der Waals surface area contributed by atoms with Crippen molar-refractivity contribution in [2.45, 2.75) is 0 Å². The van der Waals surface area contributed by atoms with Crippen molar-refractivity contribution in [2.24, 2.45) is 0 Å². The van der Waals surface area contributed by atoms with Crippen LogP contribution < -0.4 is 10.6 Å². The molecule has 18 heavy (non-hydrogen) atoms. The van der Waals surface area contributed by atoms with Crippen LogP contribution in [-0.2, 0) is 4.74 Å². The largest absolute Gasteiger partial charge is 0.397 e. The number of methoxy groups -OCH3 is 1. The van der Waals surface area contributed by atoms with Crippen molar-refractivity contribution >= 4 is 22.3 Å². The molecule has 0 bridgehead atoms. The number of nitrogens with two attached hydrogens (primary N) is 1. The molecule has 1 aromatic heterocycles. The van der Waals surface area contributed by atoms with Gasteiger partial charge in [0, 0.05) is 25.6 Å². The summed E-state index contributed by atoms with van der Waals surface area (Å²) in [6, 6.07) is 3.83. The average Bonchev–Trinajstić information content (AvgIpc) is 2.80. The lowest BCUT2D eigenvalue weighted by molar-refractivity contribution is 0.203. The maximum atomic E-state index is 9.12. The van der Waals surface area contributed by atoms with Crippen molar-refractivity contribution in [1.29, 1.82) is 0 Å². The minimum absolute atomic E-state index is 0.0736. The number of aromatic nitrogens is 2. The number of H-pyrrole nitrogens is 1. The van der Waals surface area contributed by atoms with Gasteiger partial charge in [-0.25, -0.2) is 0 Å². The number of fused-ring (bicyclic) bond motifs is 1. The first-order valence-corrected chi connectivity index (χ1v) is 5.83. The van der Waals surface area contributed by atoms with Gasteiger partial charge in [-0.3, -0.25) is 5.10 Å². The molecule has 6 nitrogen and oxygen atoms in total. The topological polar surface area (TPSA) is 87.4 Å². The van der Waals surface area contributed by atoms with Gasteiger partial charge in [-0.15, -0.1) is 0 Å². The van der Waals surface area contributed by atoms with Crippen LogP contribution in [0.2, 0.25) is 0 Å². The Balaban J connectivity index is 2.32. The molecular weight excluding hydrogens is 232 g/mol. The van der Waals surface area contributed by atoms with E-state index in [2.05, 4.69) is 10.2 Å². The highest BCUT2D eigenvalue weighted by atomic mass is 16.5. The molecule has 0 saturated carbocycles. The molecule has 0 amide bonds. The van der Waals surface area contributed by atoms with Crippen LogP contribution >= 0.6 is 0 Å². The maximum absolute atomic E-state index is 9.12. The highest BCUT2D eigenvalue weighted by Crippen LogP contribution is 2.27. The lowest BCUT2D eigenvalue weighted by Crippen LogP contribution is -2.30. The zero-order chi connectivity index (χ0) is 13.0. The highest BCUT2D eigenvalue weighted by Gasteiger charge is 2.11. The van der Waals surface area contributed by atoms with E-state index in [-0.39, 0.29) is 6.61 Å². The van der Waals surface area contributed by atoms with Gasteiger partial charge in [0.05, 0.1) is 36.3 Å². The smallest absolute Gasteiger partial charge is 0.0672 e. The maximum Gasteiger partial charge on any atom is 0.0672 e. The van der Waals surface area contributed by atoms with Crippen LogP contribution in [0.5, 0.6) is 0 Å². The van der Waals surface area contributed by atoms with Crippen molar-refractivity contribution in [2.75, 3.05) is 44.0 Å². The third-order valence-electron chi connectivity index (χ3n) is 2.86.